The fourth-order valence-electron chi connectivity index (χ4n) is 2.51. The number of rotatable bonds is 3. The lowest BCUT2D eigenvalue weighted by Crippen LogP contribution is -2.53. The lowest BCUT2D eigenvalue weighted by Gasteiger charge is -2.38. The number of ether oxygens (including phenoxy) is 2. The van der Waals surface area contributed by atoms with Gasteiger partial charge in [0.25, 0.3) is 0 Å². The molecule has 0 radical (unpaired) electrons. The van der Waals surface area contributed by atoms with E-state index in [1.54, 1.807) is 7.11 Å². The number of carbonyl (C=O) groups excluding carboxylic acids is 1. The molecule has 19 heavy (non-hydrogen) atoms. The first-order valence-electron chi connectivity index (χ1n) is 6.63. The summed E-state index contributed by atoms with van der Waals surface area (Å²) in [4.78, 5) is 14.3. The van der Waals surface area contributed by atoms with Crippen molar-refractivity contribution in [3.8, 4) is 5.75 Å². The Hall–Kier alpha value is -1.55. The third-order valence-corrected chi connectivity index (χ3v) is 3.47. The Labute approximate surface area is 114 Å². The molecule has 0 spiro atoms. The minimum Gasteiger partial charge on any atom is -0.497 e. The molecule has 104 valence electrons. The highest BCUT2D eigenvalue weighted by Crippen LogP contribution is 2.17. The van der Waals surface area contributed by atoms with Crippen molar-refractivity contribution in [2.24, 2.45) is 0 Å². The van der Waals surface area contributed by atoms with Gasteiger partial charge in [0, 0.05) is 0 Å². The van der Waals surface area contributed by atoms with E-state index in [0.29, 0.717) is 19.6 Å². The van der Waals surface area contributed by atoms with Gasteiger partial charge >= 0.3 is 0 Å². The van der Waals surface area contributed by atoms with Crippen LogP contribution in [0.1, 0.15) is 19.4 Å². The number of morpholine rings is 1. The largest absolute Gasteiger partial charge is 0.497 e. The number of benzene rings is 1. The second-order valence-electron chi connectivity index (χ2n) is 5.06. The van der Waals surface area contributed by atoms with Crippen LogP contribution in [0.25, 0.3) is 0 Å². The van der Waals surface area contributed by atoms with Gasteiger partial charge in [-0.2, -0.15) is 0 Å². The highest BCUT2D eigenvalue weighted by Gasteiger charge is 2.29. The number of amides is 1. The first kappa shape index (κ1) is 13.9. The summed E-state index contributed by atoms with van der Waals surface area (Å²) < 4.78 is 10.6. The van der Waals surface area contributed by atoms with E-state index in [9.17, 15) is 4.79 Å². The molecule has 1 aromatic rings. The lowest BCUT2D eigenvalue weighted by atomic mass is 10.1. The van der Waals surface area contributed by atoms with Crippen LogP contribution < -0.4 is 4.74 Å². The molecule has 1 amide bonds. The molecule has 0 aliphatic carbocycles. The van der Waals surface area contributed by atoms with Crippen molar-refractivity contribution in [3.05, 3.63) is 29.8 Å². The van der Waals surface area contributed by atoms with Gasteiger partial charge in [-0.1, -0.05) is 12.1 Å². The van der Waals surface area contributed by atoms with E-state index in [1.807, 2.05) is 43.0 Å². The molecule has 1 heterocycles. The zero-order valence-corrected chi connectivity index (χ0v) is 11.8. The fourth-order valence-corrected chi connectivity index (χ4v) is 2.51. The molecule has 1 aromatic carbocycles. The molecule has 0 N–H and O–H groups in total. The smallest absolute Gasteiger partial charge is 0.227 e. The Morgan fingerprint density at radius 1 is 1.26 bits per heavy atom. The minimum atomic E-state index is 0.148. The molecule has 1 aliphatic heterocycles. The minimum absolute atomic E-state index is 0.148. The molecular formula is C15H21NO3. The quantitative estimate of drug-likeness (QED) is 0.835. The highest BCUT2D eigenvalue weighted by atomic mass is 16.5. The van der Waals surface area contributed by atoms with Gasteiger partial charge in [-0.15, -0.1) is 0 Å². The van der Waals surface area contributed by atoms with Crippen LogP contribution in [0.15, 0.2) is 24.3 Å². The third kappa shape index (κ3) is 3.26. The molecule has 0 aromatic heterocycles. The second-order valence-corrected chi connectivity index (χ2v) is 5.06. The maximum Gasteiger partial charge on any atom is 0.227 e. The summed E-state index contributed by atoms with van der Waals surface area (Å²) in [6, 6.07) is 7.94. The van der Waals surface area contributed by atoms with Gasteiger partial charge in [0.05, 0.1) is 38.8 Å². The topological polar surface area (TPSA) is 38.8 Å². The summed E-state index contributed by atoms with van der Waals surface area (Å²) in [6.45, 7) is 5.31. The SMILES string of the molecule is COc1ccc(CC(=O)N2C(C)COCC2C)cc1. The van der Waals surface area contributed by atoms with Crippen molar-refractivity contribution in [2.45, 2.75) is 32.4 Å². The standard InChI is InChI=1S/C15H21NO3/c1-11-9-19-10-12(2)16(11)15(17)8-13-4-6-14(18-3)7-5-13/h4-7,11-12H,8-10H2,1-3H3. The van der Waals surface area contributed by atoms with Gasteiger partial charge in [0.2, 0.25) is 5.91 Å². The van der Waals surface area contributed by atoms with Gasteiger partial charge in [-0.25, -0.2) is 0 Å². The van der Waals surface area contributed by atoms with E-state index >= 15 is 0 Å². The number of nitrogens with zero attached hydrogens (tertiary/aromatic N) is 1. The van der Waals surface area contributed by atoms with Gasteiger partial charge in [-0.3, -0.25) is 4.79 Å². The molecule has 4 heteroatoms. The molecule has 4 nitrogen and oxygen atoms in total. The van der Waals surface area contributed by atoms with Gasteiger partial charge < -0.3 is 14.4 Å². The lowest BCUT2D eigenvalue weighted by molar-refractivity contribution is -0.143. The maximum atomic E-state index is 12.4. The normalized spacial score (nSPS) is 23.2. The average Bonchev–Trinajstić information content (AvgIpc) is 2.39. The first-order chi connectivity index (χ1) is 9.11. The molecule has 1 aliphatic rings. The van der Waals surface area contributed by atoms with Crippen LogP contribution in [0.2, 0.25) is 0 Å². The van der Waals surface area contributed by atoms with Crippen molar-refractivity contribution in [3.63, 3.8) is 0 Å². The molecule has 2 rings (SSSR count). The van der Waals surface area contributed by atoms with E-state index in [4.69, 9.17) is 9.47 Å². The molecule has 1 fully saturated rings. The van der Waals surface area contributed by atoms with E-state index in [0.717, 1.165) is 11.3 Å². The molecule has 1 saturated heterocycles. The van der Waals surface area contributed by atoms with E-state index in [-0.39, 0.29) is 18.0 Å². The predicted octanol–water partition coefficient (Wildman–Crippen LogP) is 1.87. The van der Waals surface area contributed by atoms with Crippen molar-refractivity contribution in [1.82, 2.24) is 4.90 Å². The Morgan fingerprint density at radius 2 is 1.84 bits per heavy atom. The Balaban J connectivity index is 2.02. The van der Waals surface area contributed by atoms with Crippen molar-refractivity contribution < 1.29 is 14.3 Å². The number of methoxy groups -OCH3 is 1. The average molecular weight is 263 g/mol. The summed E-state index contributed by atoms with van der Waals surface area (Å²) in [5.41, 5.74) is 1.01. The Morgan fingerprint density at radius 3 is 2.37 bits per heavy atom. The molecular weight excluding hydrogens is 242 g/mol. The summed E-state index contributed by atoms with van der Waals surface area (Å²) in [5, 5.41) is 0. The van der Waals surface area contributed by atoms with Crippen LogP contribution in [-0.2, 0) is 16.0 Å². The second kappa shape index (κ2) is 6.06. The van der Waals surface area contributed by atoms with Crippen LogP contribution in [-0.4, -0.2) is 43.2 Å². The van der Waals surface area contributed by atoms with Gasteiger partial charge in [-0.05, 0) is 31.5 Å². The number of hydrogen-bond acceptors (Lipinski definition) is 3. The van der Waals surface area contributed by atoms with Crippen LogP contribution in [0.4, 0.5) is 0 Å². The molecule has 2 unspecified atom stereocenters. The predicted molar refractivity (Wildman–Crippen MR) is 73.3 cm³/mol. The summed E-state index contributed by atoms with van der Waals surface area (Å²) in [7, 11) is 1.64. The first-order valence-corrected chi connectivity index (χ1v) is 6.63. The van der Waals surface area contributed by atoms with E-state index in [1.165, 1.54) is 0 Å². The summed E-state index contributed by atoms with van der Waals surface area (Å²) in [5.74, 6) is 0.970. The van der Waals surface area contributed by atoms with E-state index in [2.05, 4.69) is 0 Å². The number of hydrogen-bond donors (Lipinski definition) is 0. The third-order valence-electron chi connectivity index (χ3n) is 3.47. The van der Waals surface area contributed by atoms with Crippen molar-refractivity contribution in [1.29, 1.82) is 0 Å². The monoisotopic (exact) mass is 263 g/mol. The fraction of sp³-hybridized carbons (Fsp3) is 0.533. The Kier molecular flexibility index (Phi) is 4.43. The summed E-state index contributed by atoms with van der Waals surface area (Å²) >= 11 is 0. The maximum absolute atomic E-state index is 12.4. The van der Waals surface area contributed by atoms with Crippen molar-refractivity contribution >= 4 is 5.91 Å². The van der Waals surface area contributed by atoms with Crippen molar-refractivity contribution in [2.75, 3.05) is 20.3 Å². The van der Waals surface area contributed by atoms with Crippen LogP contribution in [0.5, 0.6) is 5.75 Å². The molecule has 2 atom stereocenters. The zero-order chi connectivity index (χ0) is 13.8. The van der Waals surface area contributed by atoms with Crippen LogP contribution in [0, 0.1) is 0 Å². The Bertz CT molecular complexity index is 420. The van der Waals surface area contributed by atoms with Crippen LogP contribution in [0.3, 0.4) is 0 Å². The number of carbonyl (C=O) groups is 1. The molecule has 0 bridgehead atoms. The highest BCUT2D eigenvalue weighted by molar-refractivity contribution is 5.79. The van der Waals surface area contributed by atoms with Crippen LogP contribution >= 0.6 is 0 Å². The van der Waals surface area contributed by atoms with E-state index < -0.39 is 0 Å². The van der Waals surface area contributed by atoms with Gasteiger partial charge in [0.1, 0.15) is 5.75 Å². The van der Waals surface area contributed by atoms with Gasteiger partial charge in [0.15, 0.2) is 0 Å². The summed E-state index contributed by atoms with van der Waals surface area (Å²) in [6.07, 6.45) is 0.429. The zero-order valence-electron chi connectivity index (χ0n) is 11.8. The molecule has 0 saturated carbocycles.